The molecule has 0 aliphatic carbocycles. The van der Waals surface area contributed by atoms with E-state index < -0.39 is 0 Å². The molecule has 3 aromatic rings. The van der Waals surface area contributed by atoms with Gasteiger partial charge in [0.25, 0.3) is 0 Å². The number of ketones is 1. The van der Waals surface area contributed by atoms with Crippen molar-refractivity contribution in [2.45, 2.75) is 6.61 Å². The van der Waals surface area contributed by atoms with E-state index >= 15 is 0 Å². The molecule has 0 atom stereocenters. The minimum atomic E-state index is -0.0713. The number of carbonyl (C=O) groups is 1. The maximum Gasteiger partial charge on any atom is 0.208 e. The van der Waals surface area contributed by atoms with E-state index in [-0.39, 0.29) is 11.1 Å². The zero-order chi connectivity index (χ0) is 14.7. The Bertz CT molecular complexity index is 762. The van der Waals surface area contributed by atoms with Gasteiger partial charge in [-0.15, -0.1) is 0 Å². The first-order chi connectivity index (χ1) is 10.3. The molecule has 0 spiro atoms. The molecule has 0 aliphatic heterocycles. The summed E-state index contributed by atoms with van der Waals surface area (Å²) < 4.78 is 11.3. The van der Waals surface area contributed by atoms with Gasteiger partial charge in [0, 0.05) is 5.39 Å². The Morgan fingerprint density at radius 3 is 2.67 bits per heavy atom. The number of halogens is 1. The molecule has 0 saturated heterocycles. The van der Waals surface area contributed by atoms with Crippen LogP contribution in [0.2, 0.25) is 0 Å². The van der Waals surface area contributed by atoms with Crippen LogP contribution < -0.4 is 4.74 Å². The number of ether oxygens (including phenoxy) is 1. The molecule has 4 heteroatoms. The van der Waals surface area contributed by atoms with Gasteiger partial charge < -0.3 is 9.15 Å². The van der Waals surface area contributed by atoms with Gasteiger partial charge in [0.1, 0.15) is 17.9 Å². The van der Waals surface area contributed by atoms with Crippen molar-refractivity contribution in [3.05, 3.63) is 65.9 Å². The third kappa shape index (κ3) is 3.16. The summed E-state index contributed by atoms with van der Waals surface area (Å²) in [4.78, 5) is 11.6. The molecule has 0 N–H and O–H groups in total. The van der Waals surface area contributed by atoms with Crippen LogP contribution in [-0.2, 0) is 6.61 Å². The van der Waals surface area contributed by atoms with Crippen molar-refractivity contribution in [3.63, 3.8) is 0 Å². The van der Waals surface area contributed by atoms with Crippen LogP contribution in [0, 0.1) is 0 Å². The highest BCUT2D eigenvalue weighted by Gasteiger charge is 2.11. The van der Waals surface area contributed by atoms with Crippen molar-refractivity contribution >= 4 is 32.7 Å². The van der Waals surface area contributed by atoms with Gasteiger partial charge in [0.15, 0.2) is 5.76 Å². The smallest absolute Gasteiger partial charge is 0.208 e. The molecule has 0 saturated carbocycles. The number of hydrogen-bond acceptors (Lipinski definition) is 3. The fourth-order valence-electron chi connectivity index (χ4n) is 2.06. The largest absolute Gasteiger partial charge is 0.489 e. The second-order valence-corrected chi connectivity index (χ2v) is 5.20. The predicted molar refractivity (Wildman–Crippen MR) is 85.1 cm³/mol. The molecule has 3 rings (SSSR count). The lowest BCUT2D eigenvalue weighted by Gasteiger charge is -2.05. The van der Waals surface area contributed by atoms with Gasteiger partial charge in [-0.3, -0.25) is 4.79 Å². The highest BCUT2D eigenvalue weighted by Crippen LogP contribution is 2.25. The average molecular weight is 345 g/mol. The van der Waals surface area contributed by atoms with Crippen molar-refractivity contribution < 1.29 is 13.9 Å². The van der Waals surface area contributed by atoms with Gasteiger partial charge >= 0.3 is 0 Å². The Kier molecular flexibility index (Phi) is 4.06. The molecule has 2 aromatic carbocycles. The molecule has 0 bridgehead atoms. The van der Waals surface area contributed by atoms with E-state index in [9.17, 15) is 4.79 Å². The Morgan fingerprint density at radius 1 is 1.10 bits per heavy atom. The lowest BCUT2D eigenvalue weighted by molar-refractivity contribution is 0.0995. The van der Waals surface area contributed by atoms with Crippen LogP contribution in [0.3, 0.4) is 0 Å². The summed E-state index contributed by atoms with van der Waals surface area (Å²) in [6.45, 7) is 0.511. The van der Waals surface area contributed by atoms with E-state index in [2.05, 4.69) is 15.9 Å². The van der Waals surface area contributed by atoms with Crippen LogP contribution in [0.25, 0.3) is 11.0 Å². The molecular weight excluding hydrogens is 332 g/mol. The number of carbonyl (C=O) groups excluding carboxylic acids is 1. The van der Waals surface area contributed by atoms with Crippen LogP contribution in [-0.4, -0.2) is 11.1 Å². The van der Waals surface area contributed by atoms with E-state index in [0.717, 1.165) is 16.7 Å². The summed E-state index contributed by atoms with van der Waals surface area (Å²) in [5, 5.41) is 1.12. The van der Waals surface area contributed by atoms with E-state index in [0.29, 0.717) is 18.0 Å². The SMILES string of the molecule is O=C(CBr)c1cc2cc(OCc3ccccc3)ccc2o1. The quantitative estimate of drug-likeness (QED) is 0.502. The maximum atomic E-state index is 11.6. The van der Waals surface area contributed by atoms with Gasteiger partial charge in [0.2, 0.25) is 5.78 Å². The van der Waals surface area contributed by atoms with Crippen LogP contribution in [0.4, 0.5) is 0 Å². The first-order valence-corrected chi connectivity index (χ1v) is 7.68. The summed E-state index contributed by atoms with van der Waals surface area (Å²) in [7, 11) is 0. The molecule has 1 heterocycles. The highest BCUT2D eigenvalue weighted by atomic mass is 79.9. The lowest BCUT2D eigenvalue weighted by atomic mass is 10.2. The number of Topliss-reactive ketones (excluding diaryl/α,β-unsaturated/α-hetero) is 1. The van der Waals surface area contributed by atoms with Crippen LogP contribution >= 0.6 is 15.9 Å². The molecule has 0 unspecified atom stereocenters. The molecule has 0 fully saturated rings. The average Bonchev–Trinajstić information content (AvgIpc) is 2.96. The van der Waals surface area contributed by atoms with Crippen molar-refractivity contribution in [2.24, 2.45) is 0 Å². The van der Waals surface area contributed by atoms with Crippen LogP contribution in [0.15, 0.2) is 59.0 Å². The highest BCUT2D eigenvalue weighted by molar-refractivity contribution is 9.09. The minimum absolute atomic E-state index is 0.0713. The number of rotatable bonds is 5. The Balaban J connectivity index is 1.79. The number of hydrogen-bond donors (Lipinski definition) is 0. The molecule has 106 valence electrons. The third-order valence-electron chi connectivity index (χ3n) is 3.13. The Labute approximate surface area is 130 Å². The fraction of sp³-hybridized carbons (Fsp3) is 0.118. The number of furan rings is 1. The summed E-state index contributed by atoms with van der Waals surface area (Å²) in [6.07, 6.45) is 0. The molecule has 1 aromatic heterocycles. The fourth-order valence-corrected chi connectivity index (χ4v) is 2.33. The molecule has 0 radical (unpaired) electrons. The van der Waals surface area contributed by atoms with E-state index in [1.165, 1.54) is 0 Å². The summed E-state index contributed by atoms with van der Waals surface area (Å²) in [5.41, 5.74) is 1.80. The molecule has 0 amide bonds. The zero-order valence-corrected chi connectivity index (χ0v) is 12.8. The molecular formula is C17H13BrO3. The van der Waals surface area contributed by atoms with Crippen LogP contribution in [0.5, 0.6) is 5.75 Å². The number of fused-ring (bicyclic) bond motifs is 1. The Morgan fingerprint density at radius 2 is 1.90 bits per heavy atom. The van der Waals surface area contributed by atoms with E-state index in [1.54, 1.807) is 6.07 Å². The van der Waals surface area contributed by atoms with Gasteiger partial charge in [-0.1, -0.05) is 46.3 Å². The standard InChI is InChI=1S/C17H13BrO3/c18-10-15(19)17-9-13-8-14(6-7-16(13)21-17)20-11-12-4-2-1-3-5-12/h1-9H,10-11H2. The molecule has 3 nitrogen and oxygen atoms in total. The zero-order valence-electron chi connectivity index (χ0n) is 11.2. The van der Waals surface area contributed by atoms with Crippen molar-refractivity contribution in [2.75, 3.05) is 5.33 Å². The summed E-state index contributed by atoms with van der Waals surface area (Å²) >= 11 is 3.14. The predicted octanol–water partition coefficient (Wildman–Crippen LogP) is 4.59. The molecule has 21 heavy (non-hydrogen) atoms. The minimum Gasteiger partial charge on any atom is -0.489 e. The lowest BCUT2D eigenvalue weighted by Crippen LogP contribution is -1.96. The van der Waals surface area contributed by atoms with Gasteiger partial charge in [-0.05, 0) is 29.8 Å². The Hall–Kier alpha value is -2.07. The second kappa shape index (κ2) is 6.14. The monoisotopic (exact) mass is 344 g/mol. The second-order valence-electron chi connectivity index (χ2n) is 4.64. The van der Waals surface area contributed by atoms with E-state index in [4.69, 9.17) is 9.15 Å². The van der Waals surface area contributed by atoms with Gasteiger partial charge in [0.05, 0.1) is 5.33 Å². The first kappa shape index (κ1) is 13.9. The topological polar surface area (TPSA) is 39.4 Å². The van der Waals surface area contributed by atoms with Gasteiger partial charge in [-0.25, -0.2) is 0 Å². The number of alkyl halides is 1. The summed E-state index contributed by atoms with van der Waals surface area (Å²) in [6, 6.07) is 17.3. The third-order valence-corrected chi connectivity index (χ3v) is 3.64. The maximum absolute atomic E-state index is 11.6. The molecule has 0 aliphatic rings. The summed E-state index contributed by atoms with van der Waals surface area (Å²) in [5.74, 6) is 1.05. The van der Waals surface area contributed by atoms with Gasteiger partial charge in [-0.2, -0.15) is 0 Å². The number of benzene rings is 2. The van der Waals surface area contributed by atoms with Crippen molar-refractivity contribution in [1.82, 2.24) is 0 Å². The first-order valence-electron chi connectivity index (χ1n) is 6.56. The normalized spacial score (nSPS) is 10.7. The van der Waals surface area contributed by atoms with Crippen LogP contribution in [0.1, 0.15) is 16.1 Å². The van der Waals surface area contributed by atoms with E-state index in [1.807, 2.05) is 48.5 Å². The van der Waals surface area contributed by atoms with Crippen molar-refractivity contribution in [1.29, 1.82) is 0 Å². The van der Waals surface area contributed by atoms with Crippen molar-refractivity contribution in [3.8, 4) is 5.75 Å².